The maximum Gasteiger partial charge on any atom is 0.253 e. The maximum absolute atomic E-state index is 12.4. The fourth-order valence-electron chi connectivity index (χ4n) is 3.02. The van der Waals surface area contributed by atoms with E-state index < -0.39 is 0 Å². The molecule has 3 rings (SSSR count). The molecule has 0 N–H and O–H groups in total. The molecule has 0 atom stereocenters. The number of aryl methyl sites for hydroxylation is 1. The molecule has 0 radical (unpaired) electrons. The van der Waals surface area contributed by atoms with Crippen molar-refractivity contribution in [2.24, 2.45) is 0 Å². The summed E-state index contributed by atoms with van der Waals surface area (Å²) in [5.74, 6) is 0.0158. The SMILES string of the molecule is Cc1cccn(CC(=O)N2CCN(Cc3ccccc3)CC2)c1=O. The van der Waals surface area contributed by atoms with Crippen LogP contribution in [0.1, 0.15) is 11.1 Å². The first-order valence-corrected chi connectivity index (χ1v) is 8.33. The lowest BCUT2D eigenvalue weighted by Crippen LogP contribution is -2.49. The number of carbonyl (C=O) groups excluding carboxylic acids is 1. The lowest BCUT2D eigenvalue weighted by Gasteiger charge is -2.34. The van der Waals surface area contributed by atoms with E-state index >= 15 is 0 Å². The predicted octanol–water partition coefficient (Wildman–Crippen LogP) is 1.50. The lowest BCUT2D eigenvalue weighted by atomic mass is 10.2. The Balaban J connectivity index is 1.53. The van der Waals surface area contributed by atoms with Crippen LogP contribution in [0.5, 0.6) is 0 Å². The predicted molar refractivity (Wildman–Crippen MR) is 93.7 cm³/mol. The van der Waals surface area contributed by atoms with Crippen molar-refractivity contribution in [3.8, 4) is 0 Å². The summed E-state index contributed by atoms with van der Waals surface area (Å²) in [7, 11) is 0. The first-order chi connectivity index (χ1) is 11.6. The number of aromatic nitrogens is 1. The maximum atomic E-state index is 12.4. The highest BCUT2D eigenvalue weighted by molar-refractivity contribution is 5.76. The van der Waals surface area contributed by atoms with Crippen LogP contribution in [0.25, 0.3) is 0 Å². The van der Waals surface area contributed by atoms with E-state index in [0.29, 0.717) is 18.7 Å². The molecule has 126 valence electrons. The van der Waals surface area contributed by atoms with Gasteiger partial charge in [0.25, 0.3) is 5.56 Å². The van der Waals surface area contributed by atoms with Crippen molar-refractivity contribution in [3.05, 3.63) is 70.1 Å². The third-order valence-electron chi connectivity index (χ3n) is 4.49. The molecule has 1 amide bonds. The van der Waals surface area contributed by atoms with Crippen molar-refractivity contribution in [2.45, 2.75) is 20.0 Å². The Kier molecular flexibility index (Phi) is 5.11. The third-order valence-corrected chi connectivity index (χ3v) is 4.49. The molecule has 0 unspecified atom stereocenters. The molecule has 1 aliphatic rings. The number of nitrogens with zero attached hydrogens (tertiary/aromatic N) is 3. The number of hydrogen-bond acceptors (Lipinski definition) is 3. The van der Waals surface area contributed by atoms with Gasteiger partial charge < -0.3 is 9.47 Å². The lowest BCUT2D eigenvalue weighted by molar-refractivity contribution is -0.133. The van der Waals surface area contributed by atoms with E-state index in [1.54, 1.807) is 19.2 Å². The number of piperazine rings is 1. The molecule has 24 heavy (non-hydrogen) atoms. The van der Waals surface area contributed by atoms with Crippen molar-refractivity contribution in [1.29, 1.82) is 0 Å². The minimum Gasteiger partial charge on any atom is -0.339 e. The van der Waals surface area contributed by atoms with Gasteiger partial charge in [0.15, 0.2) is 0 Å². The van der Waals surface area contributed by atoms with Gasteiger partial charge >= 0.3 is 0 Å². The van der Waals surface area contributed by atoms with Crippen LogP contribution in [0.3, 0.4) is 0 Å². The van der Waals surface area contributed by atoms with E-state index in [2.05, 4.69) is 29.2 Å². The molecular formula is C19H23N3O2. The molecule has 5 nitrogen and oxygen atoms in total. The van der Waals surface area contributed by atoms with Gasteiger partial charge in [0.2, 0.25) is 5.91 Å². The van der Waals surface area contributed by atoms with Crippen LogP contribution >= 0.6 is 0 Å². The molecular weight excluding hydrogens is 302 g/mol. The van der Waals surface area contributed by atoms with Gasteiger partial charge in [0.05, 0.1) is 0 Å². The Labute approximate surface area is 142 Å². The minimum atomic E-state index is -0.0893. The number of benzene rings is 1. The number of hydrogen-bond donors (Lipinski definition) is 0. The summed E-state index contributed by atoms with van der Waals surface area (Å²) in [5, 5.41) is 0. The molecule has 2 aromatic rings. The van der Waals surface area contributed by atoms with Crippen LogP contribution in [0.15, 0.2) is 53.5 Å². The molecule has 5 heteroatoms. The topological polar surface area (TPSA) is 45.6 Å². The molecule has 0 aliphatic carbocycles. The van der Waals surface area contributed by atoms with Crippen LogP contribution < -0.4 is 5.56 Å². The van der Waals surface area contributed by atoms with Gasteiger partial charge in [0.1, 0.15) is 6.54 Å². The van der Waals surface area contributed by atoms with Crippen molar-refractivity contribution >= 4 is 5.91 Å². The summed E-state index contributed by atoms with van der Waals surface area (Å²) in [5.41, 5.74) is 1.87. The molecule has 0 spiro atoms. The second-order valence-electron chi connectivity index (χ2n) is 6.27. The van der Waals surface area contributed by atoms with Crippen molar-refractivity contribution in [2.75, 3.05) is 26.2 Å². The normalized spacial score (nSPS) is 15.5. The Hall–Kier alpha value is -2.40. The standard InChI is InChI=1S/C19H23N3O2/c1-16-6-5-9-22(19(16)24)15-18(23)21-12-10-20(11-13-21)14-17-7-3-2-4-8-17/h2-9H,10-15H2,1H3. The number of pyridine rings is 1. The summed E-state index contributed by atoms with van der Waals surface area (Å²) < 4.78 is 1.49. The van der Waals surface area contributed by atoms with E-state index in [1.807, 2.05) is 17.0 Å². The molecule has 1 aromatic heterocycles. The zero-order valence-corrected chi connectivity index (χ0v) is 14.0. The first kappa shape index (κ1) is 16.5. The molecule has 1 aromatic carbocycles. The third kappa shape index (κ3) is 3.92. The van der Waals surface area contributed by atoms with Crippen molar-refractivity contribution in [3.63, 3.8) is 0 Å². The highest BCUT2D eigenvalue weighted by Gasteiger charge is 2.21. The first-order valence-electron chi connectivity index (χ1n) is 8.33. The summed E-state index contributed by atoms with van der Waals surface area (Å²) in [6, 6.07) is 14.0. The molecule has 1 fully saturated rings. The van der Waals surface area contributed by atoms with Gasteiger partial charge in [-0.25, -0.2) is 0 Å². The molecule has 0 saturated carbocycles. The van der Waals surface area contributed by atoms with E-state index in [-0.39, 0.29) is 18.0 Å². The Bertz CT molecular complexity index is 747. The summed E-state index contributed by atoms with van der Waals surface area (Å²) in [6.45, 7) is 5.97. The summed E-state index contributed by atoms with van der Waals surface area (Å²) in [4.78, 5) is 28.7. The Morgan fingerprint density at radius 1 is 1.00 bits per heavy atom. The number of carbonyl (C=O) groups is 1. The van der Waals surface area contributed by atoms with Crippen LogP contribution in [-0.2, 0) is 17.9 Å². The highest BCUT2D eigenvalue weighted by atomic mass is 16.2. The average molecular weight is 325 g/mol. The van der Waals surface area contributed by atoms with Crippen LogP contribution in [0.2, 0.25) is 0 Å². The van der Waals surface area contributed by atoms with Gasteiger partial charge in [-0.3, -0.25) is 14.5 Å². The van der Waals surface area contributed by atoms with E-state index in [0.717, 1.165) is 19.6 Å². The van der Waals surface area contributed by atoms with Crippen LogP contribution in [0, 0.1) is 6.92 Å². The smallest absolute Gasteiger partial charge is 0.253 e. The average Bonchev–Trinajstić information content (AvgIpc) is 2.60. The largest absolute Gasteiger partial charge is 0.339 e. The molecule has 1 aliphatic heterocycles. The fraction of sp³-hybridized carbons (Fsp3) is 0.368. The monoisotopic (exact) mass is 325 g/mol. The van der Waals surface area contributed by atoms with Crippen molar-refractivity contribution < 1.29 is 4.79 Å². The quantitative estimate of drug-likeness (QED) is 0.856. The van der Waals surface area contributed by atoms with Gasteiger partial charge in [-0.2, -0.15) is 0 Å². The Morgan fingerprint density at radius 3 is 2.42 bits per heavy atom. The molecule has 2 heterocycles. The zero-order valence-electron chi connectivity index (χ0n) is 14.0. The fourth-order valence-corrected chi connectivity index (χ4v) is 3.02. The van der Waals surface area contributed by atoms with Gasteiger partial charge in [0, 0.05) is 44.5 Å². The van der Waals surface area contributed by atoms with Crippen molar-refractivity contribution in [1.82, 2.24) is 14.4 Å². The zero-order chi connectivity index (χ0) is 16.9. The molecule has 1 saturated heterocycles. The van der Waals surface area contributed by atoms with E-state index in [9.17, 15) is 9.59 Å². The highest BCUT2D eigenvalue weighted by Crippen LogP contribution is 2.09. The van der Waals surface area contributed by atoms with Crippen LogP contribution in [-0.4, -0.2) is 46.5 Å². The van der Waals surface area contributed by atoms with E-state index in [4.69, 9.17) is 0 Å². The van der Waals surface area contributed by atoms with Gasteiger partial charge in [-0.15, -0.1) is 0 Å². The van der Waals surface area contributed by atoms with E-state index in [1.165, 1.54) is 10.1 Å². The Morgan fingerprint density at radius 2 is 1.71 bits per heavy atom. The molecule has 0 bridgehead atoms. The second kappa shape index (κ2) is 7.45. The number of rotatable bonds is 4. The summed E-state index contributed by atoms with van der Waals surface area (Å²) >= 11 is 0. The van der Waals surface area contributed by atoms with Crippen LogP contribution in [0.4, 0.5) is 0 Å². The van der Waals surface area contributed by atoms with Gasteiger partial charge in [-0.1, -0.05) is 36.4 Å². The number of amides is 1. The minimum absolute atomic E-state index is 0.0158. The second-order valence-corrected chi connectivity index (χ2v) is 6.27. The van der Waals surface area contributed by atoms with Gasteiger partial charge in [-0.05, 0) is 18.6 Å². The summed E-state index contributed by atoms with van der Waals surface area (Å²) in [6.07, 6.45) is 1.68.